The van der Waals surface area contributed by atoms with E-state index in [4.69, 9.17) is 0 Å². The third-order valence-corrected chi connectivity index (χ3v) is 4.72. The molecule has 5 nitrogen and oxygen atoms in total. The van der Waals surface area contributed by atoms with Crippen molar-refractivity contribution in [3.8, 4) is 0 Å². The lowest BCUT2D eigenvalue weighted by atomic mass is 9.86. The highest BCUT2D eigenvalue weighted by Gasteiger charge is 2.22. The van der Waals surface area contributed by atoms with Crippen molar-refractivity contribution >= 4 is 11.7 Å². The van der Waals surface area contributed by atoms with Crippen LogP contribution in [0.4, 0.5) is 0 Å². The van der Waals surface area contributed by atoms with E-state index in [-0.39, 0.29) is 11.5 Å². The summed E-state index contributed by atoms with van der Waals surface area (Å²) in [7, 11) is 2.12. The zero-order valence-electron chi connectivity index (χ0n) is 16.1. The summed E-state index contributed by atoms with van der Waals surface area (Å²) in [6, 6.07) is 7.29. The van der Waals surface area contributed by atoms with Crippen molar-refractivity contribution in [2.24, 2.45) is 0 Å². The monoisotopic (exact) mass is 345 g/mol. The maximum Gasteiger partial charge on any atom is 0.292 e. The van der Waals surface area contributed by atoms with Gasteiger partial charge >= 0.3 is 0 Å². The second-order valence-corrected chi connectivity index (χ2v) is 8.13. The number of benzene rings is 1. The minimum atomic E-state index is -0.523. The molecule has 0 saturated carbocycles. The highest BCUT2D eigenvalue weighted by atomic mass is 16.2. The highest BCUT2D eigenvalue weighted by Crippen LogP contribution is 2.22. The minimum absolute atomic E-state index is 0.0286. The van der Waals surface area contributed by atoms with Gasteiger partial charge in [0.1, 0.15) is 0 Å². The van der Waals surface area contributed by atoms with Crippen LogP contribution in [-0.2, 0) is 10.2 Å². The third-order valence-electron chi connectivity index (χ3n) is 4.72. The molecule has 1 aliphatic heterocycles. The SMILES string of the molecule is CC(CN1CCN(C)CC1)NC(=O)C(=O)c1ccc(C(C)(C)C)cc1. The fraction of sp³-hybridized carbons (Fsp3) is 0.600. The van der Waals surface area contributed by atoms with Gasteiger partial charge in [0.15, 0.2) is 0 Å². The van der Waals surface area contributed by atoms with E-state index in [1.165, 1.54) is 0 Å². The van der Waals surface area contributed by atoms with Gasteiger partial charge in [-0.15, -0.1) is 0 Å². The van der Waals surface area contributed by atoms with Crippen LogP contribution in [0.15, 0.2) is 24.3 Å². The molecule has 1 heterocycles. The molecule has 1 N–H and O–H groups in total. The average molecular weight is 345 g/mol. The summed E-state index contributed by atoms with van der Waals surface area (Å²) in [4.78, 5) is 29.2. The van der Waals surface area contributed by atoms with Gasteiger partial charge in [0.05, 0.1) is 0 Å². The van der Waals surface area contributed by atoms with Gasteiger partial charge in [-0.25, -0.2) is 0 Å². The van der Waals surface area contributed by atoms with Gasteiger partial charge in [-0.1, -0.05) is 45.0 Å². The molecule has 1 fully saturated rings. The summed E-state index contributed by atoms with van der Waals surface area (Å²) < 4.78 is 0. The average Bonchev–Trinajstić information content (AvgIpc) is 2.55. The Hall–Kier alpha value is -1.72. The lowest BCUT2D eigenvalue weighted by Crippen LogP contribution is -2.50. The number of hydrogen-bond acceptors (Lipinski definition) is 4. The molecule has 0 bridgehead atoms. The Balaban J connectivity index is 1.88. The summed E-state index contributed by atoms with van der Waals surface area (Å²) >= 11 is 0. The second kappa shape index (κ2) is 8.11. The lowest BCUT2D eigenvalue weighted by molar-refractivity contribution is -0.117. The number of nitrogens with one attached hydrogen (secondary N) is 1. The Bertz CT molecular complexity index is 596. The van der Waals surface area contributed by atoms with Gasteiger partial charge in [-0.05, 0) is 24.9 Å². The number of hydrogen-bond donors (Lipinski definition) is 1. The van der Waals surface area contributed by atoms with Crippen LogP contribution in [0, 0.1) is 0 Å². The van der Waals surface area contributed by atoms with Gasteiger partial charge in [-0.3, -0.25) is 14.5 Å². The van der Waals surface area contributed by atoms with Crippen LogP contribution in [0.25, 0.3) is 0 Å². The second-order valence-electron chi connectivity index (χ2n) is 8.13. The Morgan fingerprint density at radius 3 is 2.16 bits per heavy atom. The first-order valence-electron chi connectivity index (χ1n) is 9.03. The van der Waals surface area contributed by atoms with Gasteiger partial charge in [0.25, 0.3) is 5.91 Å². The smallest absolute Gasteiger partial charge is 0.292 e. The van der Waals surface area contributed by atoms with Crippen LogP contribution in [0.2, 0.25) is 0 Å². The van der Waals surface area contributed by atoms with Gasteiger partial charge in [0, 0.05) is 44.3 Å². The van der Waals surface area contributed by atoms with Crippen LogP contribution in [0.3, 0.4) is 0 Å². The molecule has 0 spiro atoms. The predicted molar refractivity (Wildman–Crippen MR) is 101 cm³/mol. The number of Topliss-reactive ketones (excluding diaryl/α,β-unsaturated/α-hetero) is 1. The normalized spacial score (nSPS) is 18.0. The molecule has 25 heavy (non-hydrogen) atoms. The van der Waals surface area contributed by atoms with E-state index in [0.29, 0.717) is 5.56 Å². The molecule has 1 amide bonds. The van der Waals surface area contributed by atoms with Crippen LogP contribution >= 0.6 is 0 Å². The third kappa shape index (κ3) is 5.65. The number of amides is 1. The summed E-state index contributed by atoms with van der Waals surface area (Å²) in [6.45, 7) is 13.2. The zero-order valence-corrected chi connectivity index (χ0v) is 16.1. The molecular weight excluding hydrogens is 314 g/mol. The molecule has 1 aromatic rings. The largest absolute Gasteiger partial charge is 0.345 e. The number of nitrogens with zero attached hydrogens (tertiary/aromatic N) is 2. The Morgan fingerprint density at radius 1 is 1.08 bits per heavy atom. The van der Waals surface area contributed by atoms with E-state index in [1.807, 2.05) is 19.1 Å². The first kappa shape index (κ1) is 19.6. The number of likely N-dealkylation sites (N-methyl/N-ethyl adjacent to an activating group) is 1. The summed E-state index contributed by atoms with van der Waals surface area (Å²) in [5.74, 6) is -0.990. The van der Waals surface area contributed by atoms with Crippen LogP contribution in [0.5, 0.6) is 0 Å². The Morgan fingerprint density at radius 2 is 1.64 bits per heavy atom. The maximum atomic E-state index is 12.3. The fourth-order valence-electron chi connectivity index (χ4n) is 3.01. The molecule has 0 aromatic heterocycles. The molecule has 1 aromatic carbocycles. The van der Waals surface area contributed by atoms with Gasteiger partial charge < -0.3 is 10.2 Å². The lowest BCUT2D eigenvalue weighted by Gasteiger charge is -2.33. The van der Waals surface area contributed by atoms with E-state index in [0.717, 1.165) is 38.3 Å². The molecular formula is C20H31N3O2. The molecule has 0 aliphatic carbocycles. The summed E-state index contributed by atoms with van der Waals surface area (Å²) in [5, 5.41) is 2.84. The minimum Gasteiger partial charge on any atom is -0.345 e. The van der Waals surface area contributed by atoms with Crippen molar-refractivity contribution in [3.63, 3.8) is 0 Å². The van der Waals surface area contributed by atoms with Crippen molar-refractivity contribution in [2.75, 3.05) is 39.8 Å². The standard InChI is InChI=1S/C20H31N3O2/c1-15(14-23-12-10-22(5)11-13-23)21-19(25)18(24)16-6-8-17(9-7-16)20(2,3)4/h6-9,15H,10-14H2,1-5H3,(H,21,25). The van der Waals surface area contributed by atoms with Crippen molar-refractivity contribution < 1.29 is 9.59 Å². The predicted octanol–water partition coefficient (Wildman–Crippen LogP) is 1.92. The van der Waals surface area contributed by atoms with E-state index in [9.17, 15) is 9.59 Å². The summed E-state index contributed by atoms with van der Waals surface area (Å²) in [5.41, 5.74) is 1.62. The first-order valence-corrected chi connectivity index (χ1v) is 9.03. The quantitative estimate of drug-likeness (QED) is 0.654. The molecule has 1 aliphatic rings. The van der Waals surface area contributed by atoms with Crippen molar-refractivity contribution in [3.05, 3.63) is 35.4 Å². The molecule has 1 atom stereocenters. The molecule has 0 radical (unpaired) electrons. The van der Waals surface area contributed by atoms with Crippen LogP contribution in [0.1, 0.15) is 43.6 Å². The van der Waals surface area contributed by atoms with Crippen molar-refractivity contribution in [1.29, 1.82) is 0 Å². The topological polar surface area (TPSA) is 52.6 Å². The van der Waals surface area contributed by atoms with E-state index in [1.54, 1.807) is 12.1 Å². The van der Waals surface area contributed by atoms with Crippen LogP contribution < -0.4 is 5.32 Å². The number of carbonyl (C=O) groups is 2. The fourth-order valence-corrected chi connectivity index (χ4v) is 3.01. The van der Waals surface area contributed by atoms with E-state index >= 15 is 0 Å². The summed E-state index contributed by atoms with van der Waals surface area (Å²) in [6.07, 6.45) is 0. The van der Waals surface area contributed by atoms with Crippen molar-refractivity contribution in [1.82, 2.24) is 15.1 Å². The number of ketones is 1. The molecule has 2 rings (SSSR count). The number of rotatable bonds is 5. The molecule has 1 unspecified atom stereocenters. The van der Waals surface area contributed by atoms with Crippen molar-refractivity contribution in [2.45, 2.75) is 39.2 Å². The van der Waals surface area contributed by atoms with E-state index < -0.39 is 11.7 Å². The number of carbonyl (C=O) groups excluding carboxylic acids is 2. The van der Waals surface area contributed by atoms with Gasteiger partial charge in [-0.2, -0.15) is 0 Å². The highest BCUT2D eigenvalue weighted by molar-refractivity contribution is 6.42. The zero-order chi connectivity index (χ0) is 18.6. The first-order chi connectivity index (χ1) is 11.7. The van der Waals surface area contributed by atoms with Gasteiger partial charge in [0.2, 0.25) is 5.78 Å². The Kier molecular flexibility index (Phi) is 6.36. The van der Waals surface area contributed by atoms with E-state index in [2.05, 4.69) is 42.9 Å². The Labute approximate surface area is 151 Å². The number of piperazine rings is 1. The maximum absolute atomic E-state index is 12.3. The molecule has 138 valence electrons. The molecule has 1 saturated heterocycles. The van der Waals surface area contributed by atoms with Crippen LogP contribution in [-0.4, -0.2) is 67.3 Å². The molecule has 5 heteroatoms.